The summed E-state index contributed by atoms with van der Waals surface area (Å²) >= 11 is 0. The second-order valence-electron chi connectivity index (χ2n) is 2.67. The van der Waals surface area contributed by atoms with E-state index in [1.165, 1.54) is 7.11 Å². The van der Waals surface area contributed by atoms with Gasteiger partial charge in [-0.1, -0.05) is 18.2 Å². The van der Waals surface area contributed by atoms with Gasteiger partial charge in [0.1, 0.15) is 0 Å². The van der Waals surface area contributed by atoms with Crippen LogP contribution in [0.3, 0.4) is 0 Å². The Hall–Kier alpha value is -1.25. The predicted octanol–water partition coefficient (Wildman–Crippen LogP) is 1.14. The third kappa shape index (κ3) is 0.770. The molecule has 3 heteroatoms. The summed E-state index contributed by atoms with van der Waals surface area (Å²) in [7, 11) is 1.39. The molecule has 0 aromatic carbocycles. The third-order valence-electron chi connectivity index (χ3n) is 2.10. The largest absolute Gasteiger partial charge is 0.452 e. The number of rotatable bonds is 0. The first-order valence-corrected chi connectivity index (χ1v) is 3.56. The molecule has 0 saturated heterocycles. The van der Waals surface area contributed by atoms with Gasteiger partial charge >= 0.3 is 6.09 Å². The molecule has 0 aromatic rings. The number of carbonyl (C=O) groups is 1. The molecule has 2 aliphatic rings. The van der Waals surface area contributed by atoms with Crippen LogP contribution in [-0.2, 0) is 4.74 Å². The highest BCUT2D eigenvalue weighted by Gasteiger charge is 2.35. The van der Waals surface area contributed by atoms with Crippen LogP contribution in [0.1, 0.15) is 0 Å². The van der Waals surface area contributed by atoms with Crippen LogP contribution in [-0.4, -0.2) is 24.1 Å². The number of nitrogens with zero attached hydrogens (tertiary/aromatic N) is 1. The number of fused-ring (bicyclic) bond motifs is 1. The average Bonchev–Trinajstić information content (AvgIpc) is 2.25. The molecule has 11 heavy (non-hydrogen) atoms. The van der Waals surface area contributed by atoms with Gasteiger partial charge in [-0.2, -0.15) is 0 Å². The number of amides is 1. The molecule has 1 aliphatic carbocycles. The second kappa shape index (κ2) is 2.12. The average molecular weight is 151 g/mol. The van der Waals surface area contributed by atoms with E-state index in [9.17, 15) is 4.79 Å². The van der Waals surface area contributed by atoms with E-state index in [1.54, 1.807) is 11.1 Å². The van der Waals surface area contributed by atoms with Gasteiger partial charge in [0.05, 0.1) is 13.2 Å². The summed E-state index contributed by atoms with van der Waals surface area (Å²) in [5.74, 6) is 0.425. The maximum absolute atomic E-state index is 11.0. The van der Waals surface area contributed by atoms with Crippen LogP contribution >= 0.6 is 0 Å². The SMILES string of the molecule is COC(=O)N1C=C[C@@H]2C=C[C@@H]21. The molecule has 0 saturated carbocycles. The smallest absolute Gasteiger partial charge is 0.414 e. The summed E-state index contributed by atoms with van der Waals surface area (Å²) < 4.78 is 4.59. The summed E-state index contributed by atoms with van der Waals surface area (Å²) in [6.45, 7) is 0. The molecule has 0 fully saturated rings. The fraction of sp³-hybridized carbons (Fsp3) is 0.375. The molecule has 0 bridgehead atoms. The lowest BCUT2D eigenvalue weighted by atomic mass is 9.91. The van der Waals surface area contributed by atoms with Crippen LogP contribution in [0.4, 0.5) is 4.79 Å². The Balaban J connectivity index is 2.12. The van der Waals surface area contributed by atoms with Crippen LogP contribution < -0.4 is 0 Å². The van der Waals surface area contributed by atoms with Crippen molar-refractivity contribution < 1.29 is 9.53 Å². The lowest BCUT2D eigenvalue weighted by Gasteiger charge is -2.28. The standard InChI is InChI=1S/C8H9NO2/c1-11-8(10)9-5-4-6-2-3-7(6)9/h2-7H,1H3/t6-,7-/m0/s1. The van der Waals surface area contributed by atoms with Gasteiger partial charge < -0.3 is 4.74 Å². The van der Waals surface area contributed by atoms with Crippen molar-refractivity contribution in [1.29, 1.82) is 0 Å². The first kappa shape index (κ1) is 6.46. The van der Waals surface area contributed by atoms with Crippen molar-refractivity contribution in [3.8, 4) is 0 Å². The van der Waals surface area contributed by atoms with Gasteiger partial charge in [-0.15, -0.1) is 0 Å². The molecule has 0 radical (unpaired) electrons. The van der Waals surface area contributed by atoms with E-state index in [-0.39, 0.29) is 12.1 Å². The van der Waals surface area contributed by atoms with Gasteiger partial charge in [0.2, 0.25) is 0 Å². The van der Waals surface area contributed by atoms with Crippen LogP contribution in [0, 0.1) is 5.92 Å². The summed E-state index contributed by atoms with van der Waals surface area (Å²) in [4.78, 5) is 12.6. The van der Waals surface area contributed by atoms with Crippen LogP contribution in [0.25, 0.3) is 0 Å². The fourth-order valence-electron chi connectivity index (χ4n) is 1.37. The highest BCUT2D eigenvalue weighted by Crippen LogP contribution is 2.31. The maximum atomic E-state index is 11.0. The summed E-state index contributed by atoms with van der Waals surface area (Å²) in [6.07, 6.45) is 7.58. The maximum Gasteiger partial charge on any atom is 0.414 e. The molecule has 0 spiro atoms. The Morgan fingerprint density at radius 2 is 2.27 bits per heavy atom. The predicted molar refractivity (Wildman–Crippen MR) is 39.8 cm³/mol. The van der Waals surface area contributed by atoms with Crippen LogP contribution in [0.15, 0.2) is 24.4 Å². The zero-order chi connectivity index (χ0) is 7.84. The lowest BCUT2D eigenvalue weighted by Crippen LogP contribution is -2.38. The minimum Gasteiger partial charge on any atom is -0.452 e. The Labute approximate surface area is 64.9 Å². The Morgan fingerprint density at radius 3 is 2.73 bits per heavy atom. The number of ether oxygens (including phenoxy) is 1. The molecule has 2 rings (SSSR count). The van der Waals surface area contributed by atoms with Crippen molar-refractivity contribution in [2.75, 3.05) is 7.11 Å². The van der Waals surface area contributed by atoms with E-state index >= 15 is 0 Å². The van der Waals surface area contributed by atoms with Crippen molar-refractivity contribution >= 4 is 6.09 Å². The molecule has 2 atom stereocenters. The lowest BCUT2D eigenvalue weighted by molar-refractivity contribution is 0.131. The third-order valence-corrected chi connectivity index (χ3v) is 2.10. The van der Waals surface area contributed by atoms with E-state index in [1.807, 2.05) is 12.2 Å². The number of carbonyl (C=O) groups excluding carboxylic acids is 1. The van der Waals surface area contributed by atoms with Gasteiger partial charge in [0.25, 0.3) is 0 Å². The molecular weight excluding hydrogens is 142 g/mol. The number of methoxy groups -OCH3 is 1. The normalized spacial score (nSPS) is 31.5. The van der Waals surface area contributed by atoms with Crippen LogP contribution in [0.5, 0.6) is 0 Å². The molecule has 1 heterocycles. The molecule has 0 unspecified atom stereocenters. The van der Waals surface area contributed by atoms with Crippen molar-refractivity contribution in [3.63, 3.8) is 0 Å². The van der Waals surface area contributed by atoms with Crippen molar-refractivity contribution in [1.82, 2.24) is 4.90 Å². The highest BCUT2D eigenvalue weighted by molar-refractivity contribution is 5.71. The van der Waals surface area contributed by atoms with Gasteiger partial charge in [-0.3, -0.25) is 4.90 Å². The van der Waals surface area contributed by atoms with E-state index in [2.05, 4.69) is 10.8 Å². The summed E-state index contributed by atoms with van der Waals surface area (Å²) in [5.41, 5.74) is 0. The first-order chi connectivity index (χ1) is 5.33. The van der Waals surface area contributed by atoms with E-state index in [0.717, 1.165) is 0 Å². The molecule has 1 aliphatic heterocycles. The Bertz CT molecular complexity index is 244. The van der Waals surface area contributed by atoms with Gasteiger partial charge in [-0.05, 0) is 0 Å². The quantitative estimate of drug-likeness (QED) is 0.486. The molecule has 3 nitrogen and oxygen atoms in total. The van der Waals surface area contributed by atoms with E-state index < -0.39 is 0 Å². The van der Waals surface area contributed by atoms with Crippen molar-refractivity contribution in [2.45, 2.75) is 6.04 Å². The highest BCUT2D eigenvalue weighted by atomic mass is 16.5. The molecule has 1 amide bonds. The van der Waals surface area contributed by atoms with Crippen LogP contribution in [0.2, 0.25) is 0 Å². The van der Waals surface area contributed by atoms with Gasteiger partial charge in [0, 0.05) is 12.1 Å². The Morgan fingerprint density at radius 1 is 1.45 bits per heavy atom. The molecule has 0 N–H and O–H groups in total. The zero-order valence-electron chi connectivity index (χ0n) is 6.23. The Kier molecular flexibility index (Phi) is 1.24. The zero-order valence-corrected chi connectivity index (χ0v) is 6.23. The first-order valence-electron chi connectivity index (χ1n) is 3.56. The van der Waals surface area contributed by atoms with Gasteiger partial charge in [-0.25, -0.2) is 4.79 Å². The fourth-order valence-corrected chi connectivity index (χ4v) is 1.37. The monoisotopic (exact) mass is 151 g/mol. The minimum absolute atomic E-state index is 0.224. The van der Waals surface area contributed by atoms with E-state index in [0.29, 0.717) is 5.92 Å². The number of hydrogen-bond donors (Lipinski definition) is 0. The summed E-state index contributed by atoms with van der Waals surface area (Å²) in [5, 5.41) is 0. The topological polar surface area (TPSA) is 29.5 Å². The molecule has 0 aromatic heterocycles. The van der Waals surface area contributed by atoms with E-state index in [4.69, 9.17) is 0 Å². The number of hydrogen-bond acceptors (Lipinski definition) is 2. The van der Waals surface area contributed by atoms with Crippen molar-refractivity contribution in [2.24, 2.45) is 5.92 Å². The summed E-state index contributed by atoms with van der Waals surface area (Å²) in [6, 6.07) is 0.224. The van der Waals surface area contributed by atoms with Gasteiger partial charge in [0.15, 0.2) is 0 Å². The minimum atomic E-state index is -0.280. The second-order valence-corrected chi connectivity index (χ2v) is 2.67. The molecule has 58 valence electrons. The van der Waals surface area contributed by atoms with Crippen molar-refractivity contribution in [3.05, 3.63) is 24.4 Å². The molecular formula is C8H9NO2.